The summed E-state index contributed by atoms with van der Waals surface area (Å²) in [5.41, 5.74) is 0. The maximum absolute atomic E-state index is 12.4. The highest BCUT2D eigenvalue weighted by Gasteiger charge is 2.29. The van der Waals surface area contributed by atoms with Crippen LogP contribution in [0.15, 0.2) is 0 Å². The van der Waals surface area contributed by atoms with Crippen LogP contribution in [0.25, 0.3) is 0 Å². The van der Waals surface area contributed by atoms with Crippen LogP contribution in [0.4, 0.5) is 4.79 Å². The zero-order valence-corrected chi connectivity index (χ0v) is 14.1. The molecule has 2 aliphatic rings. The zero-order chi connectivity index (χ0) is 15.9. The van der Waals surface area contributed by atoms with Gasteiger partial charge < -0.3 is 15.5 Å². The number of amides is 3. The molecule has 0 aromatic carbocycles. The van der Waals surface area contributed by atoms with Gasteiger partial charge in [-0.1, -0.05) is 33.1 Å². The molecule has 2 fully saturated rings. The van der Waals surface area contributed by atoms with Crippen molar-refractivity contribution < 1.29 is 9.59 Å². The predicted molar refractivity (Wildman–Crippen MR) is 87.5 cm³/mol. The highest BCUT2D eigenvalue weighted by molar-refractivity contribution is 5.80. The lowest BCUT2D eigenvalue weighted by atomic mass is 9.95. The Morgan fingerprint density at radius 1 is 1.09 bits per heavy atom. The lowest BCUT2D eigenvalue weighted by Gasteiger charge is -2.34. The van der Waals surface area contributed by atoms with Gasteiger partial charge in [0.25, 0.3) is 0 Å². The van der Waals surface area contributed by atoms with E-state index in [-0.39, 0.29) is 17.9 Å². The molecule has 0 bridgehead atoms. The molecule has 0 aromatic heterocycles. The third kappa shape index (κ3) is 5.18. The van der Waals surface area contributed by atoms with Gasteiger partial charge >= 0.3 is 6.03 Å². The Morgan fingerprint density at radius 3 is 2.50 bits per heavy atom. The Balaban J connectivity index is 1.78. The van der Waals surface area contributed by atoms with Crippen LogP contribution in [0.1, 0.15) is 58.8 Å². The normalized spacial score (nSPS) is 23.4. The molecule has 2 N–H and O–H groups in total. The molecule has 3 amide bonds. The van der Waals surface area contributed by atoms with E-state index in [0.29, 0.717) is 25.0 Å². The van der Waals surface area contributed by atoms with Crippen molar-refractivity contribution in [2.24, 2.45) is 11.8 Å². The van der Waals surface area contributed by atoms with Crippen LogP contribution in [0, 0.1) is 11.8 Å². The van der Waals surface area contributed by atoms with Gasteiger partial charge in [-0.2, -0.15) is 0 Å². The van der Waals surface area contributed by atoms with Gasteiger partial charge in [0.05, 0.1) is 5.92 Å². The Labute approximate surface area is 134 Å². The fourth-order valence-corrected chi connectivity index (χ4v) is 3.34. The number of hydrogen-bond donors (Lipinski definition) is 2. The highest BCUT2D eigenvalue weighted by atomic mass is 16.2. The van der Waals surface area contributed by atoms with Crippen molar-refractivity contribution in [2.45, 2.75) is 64.8 Å². The van der Waals surface area contributed by atoms with Crippen LogP contribution < -0.4 is 10.6 Å². The quantitative estimate of drug-likeness (QED) is 0.838. The van der Waals surface area contributed by atoms with Crippen LogP contribution in [0.3, 0.4) is 0 Å². The van der Waals surface area contributed by atoms with Crippen molar-refractivity contribution >= 4 is 11.9 Å². The van der Waals surface area contributed by atoms with Gasteiger partial charge in [-0.15, -0.1) is 0 Å². The maximum Gasteiger partial charge on any atom is 0.317 e. The average molecular weight is 309 g/mol. The van der Waals surface area contributed by atoms with Crippen LogP contribution in [-0.2, 0) is 4.79 Å². The summed E-state index contributed by atoms with van der Waals surface area (Å²) in [5, 5.41) is 6.15. The summed E-state index contributed by atoms with van der Waals surface area (Å²) in [6.45, 7) is 6.22. The number of rotatable bonds is 4. The second-order valence-electron chi connectivity index (χ2n) is 7.21. The van der Waals surface area contributed by atoms with Crippen molar-refractivity contribution in [1.29, 1.82) is 0 Å². The number of carbonyl (C=O) groups is 2. The maximum atomic E-state index is 12.4. The molecular formula is C17H31N3O2. The molecule has 5 nitrogen and oxygen atoms in total. The molecule has 0 radical (unpaired) electrons. The van der Waals surface area contributed by atoms with E-state index in [1.807, 2.05) is 4.90 Å². The zero-order valence-electron chi connectivity index (χ0n) is 14.1. The second-order valence-corrected chi connectivity index (χ2v) is 7.21. The number of hydrogen-bond acceptors (Lipinski definition) is 2. The third-order valence-electron chi connectivity index (χ3n) is 4.70. The van der Waals surface area contributed by atoms with Crippen molar-refractivity contribution in [2.75, 3.05) is 19.6 Å². The number of urea groups is 1. The smallest absolute Gasteiger partial charge is 0.317 e. The molecule has 1 atom stereocenters. The first-order valence-electron chi connectivity index (χ1n) is 8.89. The van der Waals surface area contributed by atoms with Crippen LogP contribution >= 0.6 is 0 Å². The molecule has 1 unspecified atom stereocenters. The van der Waals surface area contributed by atoms with E-state index >= 15 is 0 Å². The van der Waals surface area contributed by atoms with Crippen molar-refractivity contribution in [1.82, 2.24) is 15.5 Å². The van der Waals surface area contributed by atoms with Gasteiger partial charge in [0.1, 0.15) is 0 Å². The minimum absolute atomic E-state index is 0.0215. The number of carbonyl (C=O) groups excluding carboxylic acids is 2. The first kappa shape index (κ1) is 17.1. The molecule has 2 rings (SSSR count). The van der Waals surface area contributed by atoms with Crippen LogP contribution in [0.2, 0.25) is 0 Å². The lowest BCUT2D eigenvalue weighted by Crippen LogP contribution is -2.51. The first-order valence-corrected chi connectivity index (χ1v) is 8.89. The molecule has 1 saturated heterocycles. The standard InChI is InChI=1S/C17H31N3O2/c1-13(2)11-18-16(21)14-7-6-10-20(12-14)17(22)19-15-8-4-3-5-9-15/h13-15H,3-12H2,1-2H3,(H,18,21)(H,19,22). The van der Waals surface area contributed by atoms with Gasteiger partial charge in [-0.3, -0.25) is 4.79 Å². The molecule has 22 heavy (non-hydrogen) atoms. The Morgan fingerprint density at radius 2 is 1.82 bits per heavy atom. The Hall–Kier alpha value is -1.26. The van der Waals surface area contributed by atoms with E-state index in [1.165, 1.54) is 19.3 Å². The SMILES string of the molecule is CC(C)CNC(=O)C1CCCN(C(=O)NC2CCCCC2)C1. The highest BCUT2D eigenvalue weighted by Crippen LogP contribution is 2.20. The molecule has 1 aliphatic heterocycles. The molecule has 126 valence electrons. The fourth-order valence-electron chi connectivity index (χ4n) is 3.34. The van der Waals surface area contributed by atoms with E-state index in [2.05, 4.69) is 24.5 Å². The summed E-state index contributed by atoms with van der Waals surface area (Å²) >= 11 is 0. The largest absolute Gasteiger partial charge is 0.356 e. The van der Waals surface area contributed by atoms with Crippen molar-refractivity contribution in [3.8, 4) is 0 Å². The fraction of sp³-hybridized carbons (Fsp3) is 0.882. The summed E-state index contributed by atoms with van der Waals surface area (Å²) in [7, 11) is 0. The summed E-state index contributed by atoms with van der Waals surface area (Å²) in [4.78, 5) is 26.4. The van der Waals surface area contributed by atoms with Crippen molar-refractivity contribution in [3.63, 3.8) is 0 Å². The molecule has 1 aliphatic carbocycles. The second kappa shape index (κ2) is 8.39. The van der Waals surface area contributed by atoms with Crippen LogP contribution in [-0.4, -0.2) is 42.5 Å². The van der Waals surface area contributed by atoms with Gasteiger partial charge in [-0.05, 0) is 31.6 Å². The van der Waals surface area contributed by atoms with E-state index < -0.39 is 0 Å². The summed E-state index contributed by atoms with van der Waals surface area (Å²) in [5.74, 6) is 0.506. The van der Waals surface area contributed by atoms with Gasteiger partial charge in [0, 0.05) is 25.7 Å². The molecule has 1 heterocycles. The van der Waals surface area contributed by atoms with Crippen molar-refractivity contribution in [3.05, 3.63) is 0 Å². The molecular weight excluding hydrogens is 278 g/mol. The average Bonchev–Trinajstić information content (AvgIpc) is 2.53. The number of likely N-dealkylation sites (tertiary alicyclic amines) is 1. The minimum atomic E-state index is -0.0513. The van der Waals surface area contributed by atoms with Crippen LogP contribution in [0.5, 0.6) is 0 Å². The lowest BCUT2D eigenvalue weighted by molar-refractivity contribution is -0.126. The first-order chi connectivity index (χ1) is 10.6. The number of nitrogens with zero attached hydrogens (tertiary/aromatic N) is 1. The molecule has 0 spiro atoms. The Bertz CT molecular complexity index is 378. The van der Waals surface area contributed by atoms with Gasteiger partial charge in [0.15, 0.2) is 0 Å². The van der Waals surface area contributed by atoms with Gasteiger partial charge in [0.2, 0.25) is 5.91 Å². The van der Waals surface area contributed by atoms with E-state index in [1.54, 1.807) is 0 Å². The summed E-state index contributed by atoms with van der Waals surface area (Å²) in [6.07, 6.45) is 7.70. The topological polar surface area (TPSA) is 61.4 Å². The van der Waals surface area contributed by atoms with E-state index in [9.17, 15) is 9.59 Å². The monoisotopic (exact) mass is 309 g/mol. The molecule has 5 heteroatoms. The van der Waals surface area contributed by atoms with E-state index in [0.717, 1.165) is 32.2 Å². The molecule has 1 saturated carbocycles. The van der Waals surface area contributed by atoms with E-state index in [4.69, 9.17) is 0 Å². The minimum Gasteiger partial charge on any atom is -0.356 e. The number of nitrogens with one attached hydrogen (secondary N) is 2. The third-order valence-corrected chi connectivity index (χ3v) is 4.70. The summed E-state index contributed by atoms with van der Waals surface area (Å²) in [6, 6.07) is 0.352. The Kier molecular flexibility index (Phi) is 6.52. The van der Waals surface area contributed by atoms with Gasteiger partial charge in [-0.25, -0.2) is 4.79 Å². The summed E-state index contributed by atoms with van der Waals surface area (Å²) < 4.78 is 0. The number of piperidine rings is 1. The predicted octanol–water partition coefficient (Wildman–Crippen LogP) is 2.51. The molecule has 0 aromatic rings.